The first-order chi connectivity index (χ1) is 8.72. The van der Waals surface area contributed by atoms with E-state index >= 15 is 0 Å². The Morgan fingerprint density at radius 3 is 2.68 bits per heavy atom. The van der Waals surface area contributed by atoms with Gasteiger partial charge >= 0.3 is 5.97 Å². The van der Waals surface area contributed by atoms with E-state index in [0.29, 0.717) is 0 Å². The van der Waals surface area contributed by atoms with Gasteiger partial charge in [0.05, 0.1) is 11.7 Å². The quantitative estimate of drug-likeness (QED) is 0.651. The van der Waals surface area contributed by atoms with Crippen LogP contribution in [0.5, 0.6) is 0 Å². The van der Waals surface area contributed by atoms with Crippen LogP contribution in [0, 0.1) is 16.7 Å². The molecule has 1 heterocycles. The molecule has 0 aromatic carbocycles. The average Bonchev–Trinajstić information content (AvgIpc) is 2.57. The van der Waals surface area contributed by atoms with Crippen LogP contribution in [0.2, 0.25) is 0 Å². The van der Waals surface area contributed by atoms with Crippen LogP contribution in [-0.4, -0.2) is 34.5 Å². The van der Waals surface area contributed by atoms with Crippen LogP contribution < -0.4 is 0 Å². The summed E-state index contributed by atoms with van der Waals surface area (Å²) in [5.74, 6) is -0.540. The summed E-state index contributed by atoms with van der Waals surface area (Å²) in [6.07, 6.45) is 3.66. The fraction of sp³-hybridized carbons (Fsp3) is 0.800. The first-order valence-electron chi connectivity index (χ1n) is 7.02. The normalized spacial score (nSPS) is 48.1. The molecule has 2 aliphatic carbocycles. The van der Waals surface area contributed by atoms with Gasteiger partial charge in [0.2, 0.25) is 0 Å². The van der Waals surface area contributed by atoms with Crippen LogP contribution >= 0.6 is 0 Å². The lowest BCUT2D eigenvalue weighted by atomic mass is 9.46. The molecule has 0 spiro atoms. The van der Waals surface area contributed by atoms with Crippen molar-refractivity contribution in [1.82, 2.24) is 0 Å². The number of rotatable bonds is 0. The summed E-state index contributed by atoms with van der Waals surface area (Å²) in [7, 11) is 0. The van der Waals surface area contributed by atoms with Crippen LogP contribution in [0.1, 0.15) is 40.0 Å². The number of hydrogen-bond acceptors (Lipinski definition) is 4. The lowest BCUT2D eigenvalue weighted by molar-refractivity contribution is -0.172. The summed E-state index contributed by atoms with van der Waals surface area (Å²) in [5.41, 5.74) is -1.55. The van der Waals surface area contributed by atoms with Crippen LogP contribution in [0.4, 0.5) is 0 Å². The van der Waals surface area contributed by atoms with Crippen molar-refractivity contribution in [3.63, 3.8) is 0 Å². The first-order valence-corrected chi connectivity index (χ1v) is 7.02. The maximum atomic E-state index is 11.8. The fourth-order valence-corrected chi connectivity index (χ4v) is 4.83. The van der Waals surface area contributed by atoms with E-state index in [1.54, 1.807) is 0 Å². The van der Waals surface area contributed by atoms with Gasteiger partial charge < -0.3 is 14.9 Å². The Hall–Kier alpha value is -0.870. The topological polar surface area (TPSA) is 66.8 Å². The van der Waals surface area contributed by atoms with Gasteiger partial charge in [0.25, 0.3) is 0 Å². The van der Waals surface area contributed by atoms with Crippen LogP contribution in [0.15, 0.2) is 11.6 Å². The molecule has 2 fully saturated rings. The molecule has 19 heavy (non-hydrogen) atoms. The lowest BCUT2D eigenvalue weighted by Crippen LogP contribution is -2.63. The van der Waals surface area contributed by atoms with Crippen molar-refractivity contribution in [3.05, 3.63) is 11.6 Å². The predicted octanol–water partition coefficient (Wildman–Crippen LogP) is 1.41. The summed E-state index contributed by atoms with van der Waals surface area (Å²) >= 11 is 0. The van der Waals surface area contributed by atoms with Crippen molar-refractivity contribution in [2.45, 2.75) is 51.7 Å². The minimum atomic E-state index is -1.24. The fourth-order valence-electron chi connectivity index (χ4n) is 4.83. The molecule has 1 unspecified atom stereocenters. The van der Waals surface area contributed by atoms with Crippen molar-refractivity contribution in [2.75, 3.05) is 6.61 Å². The van der Waals surface area contributed by atoms with Crippen molar-refractivity contribution in [2.24, 2.45) is 16.7 Å². The van der Waals surface area contributed by atoms with Crippen LogP contribution in [0.25, 0.3) is 0 Å². The highest BCUT2D eigenvalue weighted by atomic mass is 16.6. The number of esters is 1. The van der Waals surface area contributed by atoms with Gasteiger partial charge in [-0.2, -0.15) is 0 Å². The zero-order chi connectivity index (χ0) is 14.1. The van der Waals surface area contributed by atoms with E-state index in [1.165, 1.54) is 6.08 Å². The van der Waals surface area contributed by atoms with Crippen molar-refractivity contribution >= 4 is 5.97 Å². The summed E-state index contributed by atoms with van der Waals surface area (Å²) in [5, 5.41) is 21.5. The highest BCUT2D eigenvalue weighted by molar-refractivity contribution is 5.94. The summed E-state index contributed by atoms with van der Waals surface area (Å²) in [4.78, 5) is 11.8. The molecule has 0 radical (unpaired) electrons. The second kappa shape index (κ2) is 3.61. The Morgan fingerprint density at radius 2 is 2.00 bits per heavy atom. The highest BCUT2D eigenvalue weighted by Crippen LogP contribution is 2.62. The number of aliphatic hydroxyl groups is 2. The Bertz CT molecular complexity index is 467. The zero-order valence-electron chi connectivity index (χ0n) is 11.8. The van der Waals surface area contributed by atoms with Gasteiger partial charge in [0, 0.05) is 11.3 Å². The van der Waals surface area contributed by atoms with E-state index in [4.69, 9.17) is 4.74 Å². The molecule has 0 aromatic heterocycles. The largest absolute Gasteiger partial charge is 0.459 e. The molecular formula is C15H22O4. The van der Waals surface area contributed by atoms with Crippen LogP contribution in [0.3, 0.4) is 0 Å². The SMILES string of the molecule is CC1(C)CCC[C@@]2(C)[C@H]1C(O)C=C1C(=O)OC[C@@]12O. The van der Waals surface area contributed by atoms with Crippen LogP contribution in [-0.2, 0) is 9.53 Å². The molecule has 106 valence electrons. The maximum absolute atomic E-state index is 11.8. The van der Waals surface area contributed by atoms with Gasteiger partial charge in [-0.05, 0) is 24.3 Å². The van der Waals surface area contributed by atoms with E-state index in [2.05, 4.69) is 13.8 Å². The zero-order valence-corrected chi connectivity index (χ0v) is 11.8. The Morgan fingerprint density at radius 1 is 1.32 bits per heavy atom. The smallest absolute Gasteiger partial charge is 0.336 e. The number of ether oxygens (including phenoxy) is 1. The lowest BCUT2D eigenvalue weighted by Gasteiger charge is -2.59. The van der Waals surface area contributed by atoms with E-state index in [9.17, 15) is 15.0 Å². The second-order valence-corrected chi connectivity index (χ2v) is 7.24. The number of hydrogen-bond donors (Lipinski definition) is 2. The monoisotopic (exact) mass is 266 g/mol. The first kappa shape index (κ1) is 13.1. The van der Waals surface area contributed by atoms with Gasteiger partial charge in [-0.25, -0.2) is 4.79 Å². The number of aliphatic hydroxyl groups excluding tert-OH is 1. The average molecular weight is 266 g/mol. The second-order valence-electron chi connectivity index (χ2n) is 7.24. The van der Waals surface area contributed by atoms with E-state index < -0.39 is 23.1 Å². The molecule has 0 bridgehead atoms. The minimum absolute atomic E-state index is 0.0213. The Kier molecular flexibility index (Phi) is 2.50. The van der Waals surface area contributed by atoms with E-state index in [0.717, 1.165) is 19.3 Å². The maximum Gasteiger partial charge on any atom is 0.336 e. The molecule has 1 saturated carbocycles. The predicted molar refractivity (Wildman–Crippen MR) is 69.2 cm³/mol. The van der Waals surface area contributed by atoms with Gasteiger partial charge in [-0.3, -0.25) is 0 Å². The molecule has 1 saturated heterocycles. The number of carbonyl (C=O) groups excluding carboxylic acids is 1. The molecular weight excluding hydrogens is 244 g/mol. The standard InChI is InChI=1S/C15H22O4/c1-13(2)5-4-6-14(3)11(13)10(16)7-9-12(17)19-8-15(9,14)18/h7,10-11,16,18H,4-6,8H2,1-3H3/t10?,11-,14-,15+/m0/s1. The molecule has 4 atom stereocenters. The van der Waals surface area contributed by atoms with Crippen molar-refractivity contribution < 1.29 is 19.7 Å². The number of cyclic esters (lactones) is 1. The van der Waals surface area contributed by atoms with Crippen molar-refractivity contribution in [3.8, 4) is 0 Å². The molecule has 1 aliphatic heterocycles. The van der Waals surface area contributed by atoms with Gasteiger partial charge in [-0.1, -0.05) is 27.2 Å². The molecule has 4 heteroatoms. The third-order valence-electron chi connectivity index (χ3n) is 5.75. The van der Waals surface area contributed by atoms with Gasteiger partial charge in [0.15, 0.2) is 0 Å². The summed E-state index contributed by atoms with van der Waals surface area (Å²) < 4.78 is 5.07. The van der Waals surface area contributed by atoms with Crippen molar-refractivity contribution in [1.29, 1.82) is 0 Å². The van der Waals surface area contributed by atoms with E-state index in [-0.39, 0.29) is 23.5 Å². The molecule has 3 aliphatic rings. The molecule has 3 rings (SSSR count). The number of fused-ring (bicyclic) bond motifs is 3. The summed E-state index contributed by atoms with van der Waals surface area (Å²) in [6, 6.07) is 0. The Labute approximate surface area is 113 Å². The number of carbonyl (C=O) groups is 1. The third kappa shape index (κ3) is 1.44. The molecule has 0 amide bonds. The third-order valence-corrected chi connectivity index (χ3v) is 5.75. The summed E-state index contributed by atoms with van der Waals surface area (Å²) in [6.45, 7) is 6.29. The molecule has 2 N–H and O–H groups in total. The highest BCUT2D eigenvalue weighted by Gasteiger charge is 2.66. The molecule has 0 aromatic rings. The molecule has 4 nitrogen and oxygen atoms in total. The van der Waals surface area contributed by atoms with Gasteiger partial charge in [-0.15, -0.1) is 0 Å². The van der Waals surface area contributed by atoms with E-state index in [1.807, 2.05) is 6.92 Å². The Balaban J connectivity index is 2.18. The van der Waals surface area contributed by atoms with Gasteiger partial charge in [0.1, 0.15) is 12.2 Å². The minimum Gasteiger partial charge on any atom is -0.459 e.